The molecule has 12 aromatic rings. The zero-order chi connectivity index (χ0) is 36.7. The Morgan fingerprint density at radius 2 is 0.857 bits per heavy atom. The molecule has 12 rings (SSSR count). The first-order valence-electron chi connectivity index (χ1n) is 19.1. The van der Waals surface area contributed by atoms with Crippen molar-refractivity contribution in [1.82, 2.24) is 19.1 Å². The lowest BCUT2D eigenvalue weighted by Crippen LogP contribution is -2.04. The maximum Gasteiger partial charge on any atom is 0.165 e. The van der Waals surface area contributed by atoms with Gasteiger partial charge in [-0.25, -0.2) is 9.97 Å². The summed E-state index contributed by atoms with van der Waals surface area (Å²) in [7, 11) is 0. The van der Waals surface area contributed by atoms with Gasteiger partial charge in [0, 0.05) is 32.8 Å². The second-order valence-electron chi connectivity index (χ2n) is 14.6. The summed E-state index contributed by atoms with van der Waals surface area (Å²) in [5.41, 5.74) is 11.6. The number of nitrogens with zero attached hydrogens (tertiary/aromatic N) is 4. The molecule has 0 aliphatic rings. The third-order valence-electron chi connectivity index (χ3n) is 11.5. The van der Waals surface area contributed by atoms with Crippen LogP contribution in [0.5, 0.6) is 0 Å². The number of hydrogen-bond acceptors (Lipinski definition) is 2. The standard InChI is InChI=1S/C52H32N4/c1-2-14-33(15-3-1)37-28-29-43(39-19-7-6-18-38(37)39)51-52(54-46-23-11-10-22-45(46)53-51)56-49-31-35-17-5-4-16-34(35)30-44(49)42-27-26-36(32-50(42)56)55-47-24-12-8-20-40(47)41-21-9-13-25-48(41)55/h1-32H. The van der Waals surface area contributed by atoms with E-state index in [1.54, 1.807) is 0 Å². The van der Waals surface area contributed by atoms with E-state index < -0.39 is 0 Å². The Labute approximate surface area is 322 Å². The van der Waals surface area contributed by atoms with Gasteiger partial charge in [-0.1, -0.05) is 146 Å². The highest BCUT2D eigenvalue weighted by Crippen LogP contribution is 2.42. The Morgan fingerprint density at radius 3 is 1.59 bits per heavy atom. The fourth-order valence-corrected chi connectivity index (χ4v) is 8.96. The number of benzene rings is 9. The van der Waals surface area contributed by atoms with Crippen molar-refractivity contribution in [3.05, 3.63) is 194 Å². The lowest BCUT2D eigenvalue weighted by Gasteiger charge is -2.17. The van der Waals surface area contributed by atoms with Crippen molar-refractivity contribution in [2.75, 3.05) is 0 Å². The first-order chi connectivity index (χ1) is 27.8. The van der Waals surface area contributed by atoms with Crippen LogP contribution >= 0.6 is 0 Å². The normalized spacial score (nSPS) is 11.9. The highest BCUT2D eigenvalue weighted by atomic mass is 15.1. The first kappa shape index (κ1) is 30.9. The van der Waals surface area contributed by atoms with E-state index in [2.05, 4.69) is 191 Å². The molecule has 0 amide bonds. The Bertz CT molecular complexity index is 3480. The van der Waals surface area contributed by atoms with Gasteiger partial charge in [-0.15, -0.1) is 0 Å². The average molecular weight is 713 g/mol. The average Bonchev–Trinajstić information content (AvgIpc) is 3.77. The second kappa shape index (κ2) is 12.0. The third-order valence-corrected chi connectivity index (χ3v) is 11.5. The summed E-state index contributed by atoms with van der Waals surface area (Å²) in [6.45, 7) is 0. The van der Waals surface area contributed by atoms with Gasteiger partial charge in [-0.2, -0.15) is 0 Å². The van der Waals surface area contributed by atoms with Crippen molar-refractivity contribution >= 4 is 76.2 Å². The van der Waals surface area contributed by atoms with Crippen molar-refractivity contribution in [2.24, 2.45) is 0 Å². The zero-order valence-electron chi connectivity index (χ0n) is 30.3. The minimum atomic E-state index is 0.802. The quantitative estimate of drug-likeness (QED) is 0.182. The molecule has 3 aromatic heterocycles. The number of aromatic nitrogens is 4. The molecule has 3 heterocycles. The van der Waals surface area contributed by atoms with Gasteiger partial charge in [-0.05, 0) is 81.2 Å². The predicted molar refractivity (Wildman–Crippen MR) is 234 cm³/mol. The summed E-state index contributed by atoms with van der Waals surface area (Å²) >= 11 is 0. The van der Waals surface area contributed by atoms with E-state index in [-0.39, 0.29) is 0 Å². The largest absolute Gasteiger partial charge is 0.309 e. The van der Waals surface area contributed by atoms with Crippen LogP contribution in [0, 0.1) is 0 Å². The van der Waals surface area contributed by atoms with E-state index in [9.17, 15) is 0 Å². The highest BCUT2D eigenvalue weighted by Gasteiger charge is 2.23. The summed E-state index contributed by atoms with van der Waals surface area (Å²) < 4.78 is 4.76. The molecule has 0 saturated heterocycles. The van der Waals surface area contributed by atoms with Crippen LogP contribution in [0.1, 0.15) is 0 Å². The summed E-state index contributed by atoms with van der Waals surface area (Å²) in [6, 6.07) is 69.6. The molecular formula is C52H32N4. The fourth-order valence-electron chi connectivity index (χ4n) is 8.96. The molecule has 0 spiro atoms. The van der Waals surface area contributed by atoms with Crippen molar-refractivity contribution in [1.29, 1.82) is 0 Å². The fraction of sp³-hybridized carbons (Fsp3) is 0. The van der Waals surface area contributed by atoms with Crippen LogP contribution < -0.4 is 0 Å². The van der Waals surface area contributed by atoms with Gasteiger partial charge in [0.25, 0.3) is 0 Å². The van der Waals surface area contributed by atoms with Gasteiger partial charge in [0.15, 0.2) is 5.82 Å². The van der Waals surface area contributed by atoms with Gasteiger partial charge in [0.1, 0.15) is 5.69 Å². The third kappa shape index (κ3) is 4.53. The molecule has 0 saturated carbocycles. The maximum atomic E-state index is 5.55. The van der Waals surface area contributed by atoms with Crippen molar-refractivity contribution in [2.45, 2.75) is 0 Å². The van der Waals surface area contributed by atoms with Gasteiger partial charge in [0.05, 0.1) is 33.1 Å². The summed E-state index contributed by atoms with van der Waals surface area (Å²) in [4.78, 5) is 11.0. The summed E-state index contributed by atoms with van der Waals surface area (Å²) in [5, 5.41) is 9.53. The number of rotatable bonds is 4. The molecule has 9 aromatic carbocycles. The number of para-hydroxylation sites is 4. The topological polar surface area (TPSA) is 35.6 Å². The molecule has 0 unspecified atom stereocenters. The van der Waals surface area contributed by atoms with Gasteiger partial charge < -0.3 is 4.57 Å². The van der Waals surface area contributed by atoms with E-state index in [0.29, 0.717) is 0 Å². The number of hydrogen-bond donors (Lipinski definition) is 0. The Kier molecular flexibility index (Phi) is 6.60. The Morgan fingerprint density at radius 1 is 0.321 bits per heavy atom. The molecule has 0 aliphatic carbocycles. The van der Waals surface area contributed by atoms with E-state index in [1.807, 2.05) is 12.1 Å². The number of fused-ring (bicyclic) bond motifs is 9. The lowest BCUT2D eigenvalue weighted by molar-refractivity contribution is 1.08. The summed E-state index contributed by atoms with van der Waals surface area (Å²) in [5.74, 6) is 0.802. The molecule has 260 valence electrons. The van der Waals surface area contributed by atoms with Gasteiger partial charge in [-0.3, -0.25) is 4.57 Å². The molecule has 0 fully saturated rings. The smallest absolute Gasteiger partial charge is 0.165 e. The minimum Gasteiger partial charge on any atom is -0.309 e. The van der Waals surface area contributed by atoms with Gasteiger partial charge in [0.2, 0.25) is 0 Å². The van der Waals surface area contributed by atoms with Crippen LogP contribution in [-0.2, 0) is 0 Å². The SMILES string of the molecule is c1ccc(-c2ccc(-c3nc4ccccc4nc3-n3c4cc(-n5c6ccccc6c6ccccc65)ccc4c4cc5ccccc5cc43)c3ccccc23)cc1. The summed E-state index contributed by atoms with van der Waals surface area (Å²) in [6.07, 6.45) is 0. The predicted octanol–water partition coefficient (Wildman–Crippen LogP) is 13.5. The van der Waals surface area contributed by atoms with Crippen molar-refractivity contribution < 1.29 is 0 Å². The van der Waals surface area contributed by atoms with Gasteiger partial charge >= 0.3 is 0 Å². The van der Waals surface area contributed by atoms with Crippen molar-refractivity contribution in [3.8, 4) is 33.9 Å². The van der Waals surface area contributed by atoms with Crippen LogP contribution in [0.2, 0.25) is 0 Å². The van der Waals surface area contributed by atoms with E-state index >= 15 is 0 Å². The van der Waals surface area contributed by atoms with Crippen LogP contribution in [0.15, 0.2) is 194 Å². The molecular weight excluding hydrogens is 681 g/mol. The van der Waals surface area contributed by atoms with Crippen LogP contribution in [0.3, 0.4) is 0 Å². The molecule has 4 heteroatoms. The lowest BCUT2D eigenvalue weighted by atomic mass is 9.93. The molecule has 56 heavy (non-hydrogen) atoms. The van der Waals surface area contributed by atoms with E-state index in [4.69, 9.17) is 9.97 Å². The van der Waals surface area contributed by atoms with E-state index in [1.165, 1.54) is 59.9 Å². The molecule has 0 atom stereocenters. The minimum absolute atomic E-state index is 0.802. The zero-order valence-corrected chi connectivity index (χ0v) is 30.3. The Balaban J connectivity index is 1.22. The molecule has 4 nitrogen and oxygen atoms in total. The maximum absolute atomic E-state index is 5.55. The van der Waals surface area contributed by atoms with E-state index in [0.717, 1.165) is 50.2 Å². The molecule has 0 aliphatic heterocycles. The molecule has 0 bridgehead atoms. The molecule has 0 radical (unpaired) electrons. The Hall–Kier alpha value is -7.56. The second-order valence-corrected chi connectivity index (χ2v) is 14.6. The first-order valence-corrected chi connectivity index (χ1v) is 19.1. The van der Waals surface area contributed by atoms with Crippen LogP contribution in [-0.4, -0.2) is 19.1 Å². The highest BCUT2D eigenvalue weighted by molar-refractivity contribution is 6.15. The van der Waals surface area contributed by atoms with Crippen LogP contribution in [0.4, 0.5) is 0 Å². The van der Waals surface area contributed by atoms with Crippen molar-refractivity contribution in [3.63, 3.8) is 0 Å². The monoisotopic (exact) mass is 712 g/mol. The van der Waals surface area contributed by atoms with Crippen LogP contribution in [0.25, 0.3) is 110 Å². The molecule has 0 N–H and O–H groups in total.